The number of amides is 1. The largest absolute Gasteiger partial charge is 0.416 e. The van der Waals surface area contributed by atoms with Crippen LogP contribution in [0, 0.1) is 6.92 Å². The highest BCUT2D eigenvalue weighted by molar-refractivity contribution is 6.00. The van der Waals surface area contributed by atoms with E-state index < -0.39 is 11.7 Å². The third-order valence-corrected chi connectivity index (χ3v) is 6.49. The number of alkyl halides is 3. The molecule has 5 rings (SSSR count). The second-order valence-corrected chi connectivity index (χ2v) is 9.18. The average molecular weight is 541 g/mol. The minimum Gasteiger partial charge on any atom is -0.383 e. The van der Waals surface area contributed by atoms with Gasteiger partial charge in [0.2, 0.25) is 5.95 Å². The van der Waals surface area contributed by atoms with Crippen molar-refractivity contribution >= 4 is 29.2 Å². The Morgan fingerprint density at radius 1 is 1.00 bits per heavy atom. The Morgan fingerprint density at radius 3 is 2.51 bits per heavy atom. The van der Waals surface area contributed by atoms with Gasteiger partial charge in [-0.1, -0.05) is 18.2 Å². The summed E-state index contributed by atoms with van der Waals surface area (Å²) < 4.78 is 50.2. The molecule has 204 valence electrons. The first-order valence-electron chi connectivity index (χ1n) is 12.4. The fourth-order valence-electron chi connectivity index (χ4n) is 4.38. The molecule has 39 heavy (non-hydrogen) atoms. The fourth-order valence-corrected chi connectivity index (χ4v) is 4.38. The molecule has 2 aliphatic heterocycles. The summed E-state index contributed by atoms with van der Waals surface area (Å²) in [7, 11) is 0. The number of rotatable bonds is 5. The van der Waals surface area contributed by atoms with Gasteiger partial charge in [-0.25, -0.2) is 9.98 Å². The maximum absolute atomic E-state index is 13.1. The number of benzene rings is 2. The van der Waals surface area contributed by atoms with Gasteiger partial charge in [0.25, 0.3) is 5.91 Å². The van der Waals surface area contributed by atoms with Gasteiger partial charge >= 0.3 is 6.18 Å². The van der Waals surface area contributed by atoms with Crippen LogP contribution in [0.1, 0.15) is 16.7 Å². The molecule has 0 aliphatic carbocycles. The van der Waals surface area contributed by atoms with Crippen LogP contribution in [0.25, 0.3) is 11.3 Å². The van der Waals surface area contributed by atoms with Crippen molar-refractivity contribution in [2.75, 3.05) is 55.9 Å². The van der Waals surface area contributed by atoms with E-state index in [-0.39, 0.29) is 24.0 Å². The van der Waals surface area contributed by atoms with Crippen LogP contribution in [0.3, 0.4) is 0 Å². The van der Waals surface area contributed by atoms with E-state index in [0.29, 0.717) is 62.5 Å². The summed E-state index contributed by atoms with van der Waals surface area (Å²) in [6.45, 7) is 4.94. The number of aryl methyl sites for hydroxylation is 1. The summed E-state index contributed by atoms with van der Waals surface area (Å²) in [4.78, 5) is 29.9. The predicted octanol–water partition coefficient (Wildman–Crippen LogP) is 3.71. The number of hydrogen-bond acceptors (Lipinski definition) is 7. The topological polar surface area (TPSA) is 106 Å². The normalized spacial score (nSPS) is 17.0. The van der Waals surface area contributed by atoms with Crippen molar-refractivity contribution in [3.8, 4) is 11.3 Å². The molecule has 2 aliphatic rings. The molecule has 0 bridgehead atoms. The van der Waals surface area contributed by atoms with Crippen LogP contribution in [-0.2, 0) is 20.4 Å². The van der Waals surface area contributed by atoms with Crippen LogP contribution in [0.15, 0.2) is 53.5 Å². The van der Waals surface area contributed by atoms with Crippen LogP contribution < -0.4 is 15.5 Å². The van der Waals surface area contributed by atoms with E-state index in [9.17, 15) is 18.0 Å². The van der Waals surface area contributed by atoms with E-state index in [2.05, 4.69) is 4.99 Å². The third-order valence-electron chi connectivity index (χ3n) is 6.49. The summed E-state index contributed by atoms with van der Waals surface area (Å²) in [6.07, 6.45) is -4.48. The molecule has 2 saturated heterocycles. The third kappa shape index (κ3) is 6.02. The summed E-state index contributed by atoms with van der Waals surface area (Å²) in [5, 5.41) is 0. The van der Waals surface area contributed by atoms with Crippen molar-refractivity contribution in [3.05, 3.63) is 65.2 Å². The lowest BCUT2D eigenvalue weighted by Crippen LogP contribution is -2.43. The van der Waals surface area contributed by atoms with Crippen molar-refractivity contribution in [2.24, 2.45) is 10.7 Å². The van der Waals surface area contributed by atoms with E-state index in [1.807, 2.05) is 17.9 Å². The second kappa shape index (κ2) is 11.0. The Morgan fingerprint density at radius 2 is 1.77 bits per heavy atom. The molecule has 2 N–H and O–H groups in total. The number of carbonyl (C=O) groups is 1. The van der Waals surface area contributed by atoms with Crippen LogP contribution in [0.5, 0.6) is 0 Å². The number of halogens is 3. The number of anilines is 2. The first kappa shape index (κ1) is 26.6. The molecule has 0 saturated carbocycles. The highest BCUT2D eigenvalue weighted by atomic mass is 19.4. The van der Waals surface area contributed by atoms with Gasteiger partial charge in [-0.3, -0.25) is 9.69 Å². The molecule has 0 unspecified atom stereocenters. The van der Waals surface area contributed by atoms with Gasteiger partial charge < -0.3 is 20.1 Å². The number of hydrogen-bond donors (Lipinski definition) is 1. The zero-order valence-electron chi connectivity index (χ0n) is 21.2. The van der Waals surface area contributed by atoms with E-state index in [4.69, 9.17) is 25.2 Å². The Hall–Kier alpha value is -4.03. The van der Waals surface area contributed by atoms with Crippen LogP contribution in [-0.4, -0.2) is 67.8 Å². The van der Waals surface area contributed by atoms with Crippen molar-refractivity contribution in [3.63, 3.8) is 0 Å². The molecular weight excluding hydrogens is 513 g/mol. The lowest BCUT2D eigenvalue weighted by molar-refractivity contribution is -0.137. The number of nitrogens with zero attached hydrogens (tertiary/aromatic N) is 5. The molecule has 1 aromatic heterocycles. The van der Waals surface area contributed by atoms with Gasteiger partial charge in [-0.05, 0) is 36.8 Å². The molecular formula is C27H27F3N6O3. The molecule has 3 heterocycles. The highest BCUT2D eigenvalue weighted by Crippen LogP contribution is 2.32. The van der Waals surface area contributed by atoms with Crippen LogP contribution in [0.2, 0.25) is 0 Å². The molecule has 1 amide bonds. The predicted molar refractivity (Wildman–Crippen MR) is 140 cm³/mol. The van der Waals surface area contributed by atoms with E-state index in [0.717, 1.165) is 23.3 Å². The first-order valence-corrected chi connectivity index (χ1v) is 12.4. The van der Waals surface area contributed by atoms with Gasteiger partial charge in [-0.2, -0.15) is 18.2 Å². The summed E-state index contributed by atoms with van der Waals surface area (Å²) in [5.41, 5.74) is 8.24. The minimum atomic E-state index is -4.48. The van der Waals surface area contributed by atoms with E-state index >= 15 is 0 Å². The van der Waals surface area contributed by atoms with E-state index in [1.165, 1.54) is 12.1 Å². The second-order valence-electron chi connectivity index (χ2n) is 9.18. The number of nitrogens with two attached hydrogens (primary N) is 1. The average Bonchev–Trinajstić information content (AvgIpc) is 2.93. The SMILES string of the molecule is Cc1ccc(C(N)=Nc2cccc(C(F)(F)F)c2)cc1-c1cc(N2CCOCC2=O)nc(N2CCOCC2)n1. The molecule has 12 heteroatoms. The lowest BCUT2D eigenvalue weighted by Gasteiger charge is -2.30. The van der Waals surface area contributed by atoms with Crippen molar-refractivity contribution in [1.29, 1.82) is 0 Å². The minimum absolute atomic E-state index is 0.0245. The van der Waals surface area contributed by atoms with Gasteiger partial charge in [-0.15, -0.1) is 0 Å². The molecule has 3 aromatic rings. The number of carbonyl (C=O) groups excluding carboxylic acids is 1. The molecule has 0 spiro atoms. The van der Waals surface area contributed by atoms with Gasteiger partial charge in [0.05, 0.1) is 43.3 Å². The Bertz CT molecular complexity index is 1410. The maximum Gasteiger partial charge on any atom is 0.416 e. The van der Waals surface area contributed by atoms with E-state index in [1.54, 1.807) is 23.1 Å². The number of morpholine rings is 2. The smallest absolute Gasteiger partial charge is 0.383 e. The molecule has 2 aromatic carbocycles. The Labute approximate surface area is 223 Å². The highest BCUT2D eigenvalue weighted by Gasteiger charge is 2.30. The van der Waals surface area contributed by atoms with Gasteiger partial charge in [0, 0.05) is 30.3 Å². The zero-order chi connectivity index (χ0) is 27.6. The van der Waals surface area contributed by atoms with Crippen LogP contribution in [0.4, 0.5) is 30.6 Å². The summed E-state index contributed by atoms with van der Waals surface area (Å²) in [6, 6.07) is 11.8. The maximum atomic E-state index is 13.1. The van der Waals surface area contributed by atoms with Crippen molar-refractivity contribution in [2.45, 2.75) is 13.1 Å². The van der Waals surface area contributed by atoms with Crippen molar-refractivity contribution in [1.82, 2.24) is 9.97 Å². The molecule has 2 fully saturated rings. The number of ether oxygens (including phenoxy) is 2. The van der Waals surface area contributed by atoms with Crippen molar-refractivity contribution < 1.29 is 27.4 Å². The first-order chi connectivity index (χ1) is 18.7. The Balaban J connectivity index is 1.55. The molecule has 0 radical (unpaired) electrons. The van der Waals surface area contributed by atoms with Crippen LogP contribution >= 0.6 is 0 Å². The Kier molecular flexibility index (Phi) is 7.49. The summed E-state index contributed by atoms with van der Waals surface area (Å²) in [5.74, 6) is 0.800. The van der Waals surface area contributed by atoms with Gasteiger partial charge in [0.1, 0.15) is 18.3 Å². The molecule has 9 nitrogen and oxygen atoms in total. The monoisotopic (exact) mass is 540 g/mol. The lowest BCUT2D eigenvalue weighted by atomic mass is 10.0. The number of aliphatic imine (C=N–C) groups is 1. The number of amidine groups is 1. The summed E-state index contributed by atoms with van der Waals surface area (Å²) >= 11 is 0. The molecule has 0 atom stereocenters. The standard InChI is InChI=1S/C27H27F3N6O3/c1-17-5-6-18(25(31)32-20-4-2-3-19(14-20)27(28,29)30)13-21(17)22-15-23(36-9-12-39-16-24(36)37)34-26(33-22)35-7-10-38-11-8-35/h2-6,13-15H,7-12,16H2,1H3,(H2,31,32). The van der Waals surface area contributed by atoms with Gasteiger partial charge in [0.15, 0.2) is 0 Å². The number of aromatic nitrogens is 2. The zero-order valence-corrected chi connectivity index (χ0v) is 21.2. The fraction of sp³-hybridized carbons (Fsp3) is 0.333. The quantitative estimate of drug-likeness (QED) is 0.389.